The van der Waals surface area contributed by atoms with Crippen LogP contribution in [-0.4, -0.2) is 34.2 Å². The van der Waals surface area contributed by atoms with Crippen LogP contribution < -0.4 is 0 Å². The van der Waals surface area contributed by atoms with Crippen molar-refractivity contribution < 1.29 is 5.11 Å². The SMILES string of the molecule is C[C@H]1C(O)CN1C(C)(C)C. The molecule has 60 valence electrons. The van der Waals surface area contributed by atoms with Gasteiger partial charge in [0.05, 0.1) is 6.10 Å². The van der Waals surface area contributed by atoms with Gasteiger partial charge in [-0.15, -0.1) is 0 Å². The minimum Gasteiger partial charge on any atom is -0.390 e. The van der Waals surface area contributed by atoms with Crippen molar-refractivity contribution in [3.05, 3.63) is 0 Å². The molecule has 0 aromatic rings. The molecule has 0 radical (unpaired) electrons. The number of nitrogens with zero attached hydrogens (tertiary/aromatic N) is 1. The first-order valence-corrected chi connectivity index (χ1v) is 3.88. The highest BCUT2D eigenvalue weighted by atomic mass is 16.3. The van der Waals surface area contributed by atoms with E-state index in [9.17, 15) is 5.11 Å². The molecule has 2 heteroatoms. The molecule has 2 atom stereocenters. The molecule has 0 spiro atoms. The largest absolute Gasteiger partial charge is 0.390 e. The third kappa shape index (κ3) is 1.18. The molecule has 1 rings (SSSR count). The molecule has 10 heavy (non-hydrogen) atoms. The second kappa shape index (κ2) is 2.21. The Balaban J connectivity index is 2.48. The van der Waals surface area contributed by atoms with E-state index in [4.69, 9.17) is 0 Å². The number of β-amino-alcohol motifs (C(OH)–C–C–N with tert-alkyl or cyclic N) is 1. The second-order valence-electron chi connectivity index (χ2n) is 4.13. The van der Waals surface area contributed by atoms with Crippen molar-refractivity contribution in [1.29, 1.82) is 0 Å². The lowest BCUT2D eigenvalue weighted by atomic mass is 9.92. The molecular weight excluding hydrogens is 126 g/mol. The van der Waals surface area contributed by atoms with Crippen LogP contribution in [0.1, 0.15) is 27.7 Å². The van der Waals surface area contributed by atoms with Crippen LogP contribution in [0, 0.1) is 0 Å². The molecule has 0 aliphatic carbocycles. The van der Waals surface area contributed by atoms with Gasteiger partial charge in [-0.2, -0.15) is 0 Å². The van der Waals surface area contributed by atoms with E-state index in [2.05, 4.69) is 32.6 Å². The van der Waals surface area contributed by atoms with Gasteiger partial charge in [0, 0.05) is 18.1 Å². The van der Waals surface area contributed by atoms with Gasteiger partial charge in [0.15, 0.2) is 0 Å². The summed E-state index contributed by atoms with van der Waals surface area (Å²) in [5, 5.41) is 9.21. The van der Waals surface area contributed by atoms with Crippen molar-refractivity contribution in [2.75, 3.05) is 6.54 Å². The number of aliphatic hydroxyl groups excluding tert-OH is 1. The molecule has 1 heterocycles. The van der Waals surface area contributed by atoms with Crippen LogP contribution in [0.2, 0.25) is 0 Å². The fraction of sp³-hybridized carbons (Fsp3) is 1.00. The second-order valence-corrected chi connectivity index (χ2v) is 4.13. The van der Waals surface area contributed by atoms with E-state index in [1.165, 1.54) is 0 Å². The predicted octanol–water partition coefficient (Wildman–Crippen LogP) is 0.850. The normalized spacial score (nSPS) is 35.7. The molecule has 1 aliphatic heterocycles. The van der Waals surface area contributed by atoms with E-state index >= 15 is 0 Å². The standard InChI is InChI=1S/C8H17NO/c1-6-7(10)5-9(6)8(2,3)4/h6-7,10H,5H2,1-4H3/t6-,7?/m0/s1. The van der Waals surface area contributed by atoms with Crippen molar-refractivity contribution in [1.82, 2.24) is 4.90 Å². The van der Waals surface area contributed by atoms with Gasteiger partial charge >= 0.3 is 0 Å². The predicted molar refractivity (Wildman–Crippen MR) is 41.9 cm³/mol. The maximum atomic E-state index is 9.21. The number of hydrogen-bond donors (Lipinski definition) is 1. The average Bonchev–Trinajstić information content (AvgIpc) is 1.79. The Morgan fingerprint density at radius 3 is 2.00 bits per heavy atom. The Hall–Kier alpha value is -0.0800. The smallest absolute Gasteiger partial charge is 0.0819 e. The van der Waals surface area contributed by atoms with Crippen LogP contribution >= 0.6 is 0 Å². The number of rotatable bonds is 0. The quantitative estimate of drug-likeness (QED) is 0.543. The summed E-state index contributed by atoms with van der Waals surface area (Å²) in [5.74, 6) is 0. The lowest BCUT2D eigenvalue weighted by molar-refractivity contribution is -0.0984. The Kier molecular flexibility index (Phi) is 1.77. The topological polar surface area (TPSA) is 23.5 Å². The molecule has 0 bridgehead atoms. The molecular formula is C8H17NO. The third-order valence-corrected chi connectivity index (χ3v) is 2.29. The van der Waals surface area contributed by atoms with Gasteiger partial charge in [-0.3, -0.25) is 4.90 Å². The highest BCUT2D eigenvalue weighted by Crippen LogP contribution is 2.26. The van der Waals surface area contributed by atoms with Gasteiger partial charge in [-0.1, -0.05) is 0 Å². The molecule has 1 unspecified atom stereocenters. The molecule has 0 amide bonds. The summed E-state index contributed by atoms with van der Waals surface area (Å²) in [6.07, 6.45) is -0.0979. The van der Waals surface area contributed by atoms with Gasteiger partial charge < -0.3 is 5.11 Å². The van der Waals surface area contributed by atoms with E-state index in [0.717, 1.165) is 6.54 Å². The molecule has 0 saturated carbocycles. The highest BCUT2D eigenvalue weighted by Gasteiger charge is 2.39. The first-order chi connectivity index (χ1) is 4.43. The third-order valence-electron chi connectivity index (χ3n) is 2.29. The van der Waals surface area contributed by atoms with E-state index in [-0.39, 0.29) is 11.6 Å². The fourth-order valence-electron chi connectivity index (χ4n) is 1.47. The molecule has 0 aromatic heterocycles. The van der Waals surface area contributed by atoms with Crippen LogP contribution in [0.15, 0.2) is 0 Å². The lowest BCUT2D eigenvalue weighted by Gasteiger charge is -2.51. The Bertz CT molecular complexity index is 128. The van der Waals surface area contributed by atoms with Crippen LogP contribution in [-0.2, 0) is 0 Å². The Labute approximate surface area is 62.8 Å². The number of likely N-dealkylation sites (tertiary alicyclic amines) is 1. The molecule has 0 aromatic carbocycles. The van der Waals surface area contributed by atoms with Gasteiger partial charge in [0.1, 0.15) is 0 Å². The average molecular weight is 143 g/mol. The zero-order chi connectivity index (χ0) is 7.94. The molecule has 1 saturated heterocycles. The summed E-state index contributed by atoms with van der Waals surface area (Å²) in [6.45, 7) is 9.43. The van der Waals surface area contributed by atoms with E-state index in [0.29, 0.717) is 6.04 Å². The maximum Gasteiger partial charge on any atom is 0.0819 e. The minimum atomic E-state index is -0.0979. The van der Waals surface area contributed by atoms with Crippen molar-refractivity contribution >= 4 is 0 Å². The fourth-order valence-corrected chi connectivity index (χ4v) is 1.47. The summed E-state index contributed by atoms with van der Waals surface area (Å²) in [5.41, 5.74) is 0.221. The Morgan fingerprint density at radius 1 is 1.40 bits per heavy atom. The first kappa shape index (κ1) is 8.02. The lowest BCUT2D eigenvalue weighted by Crippen LogP contribution is -2.64. The summed E-state index contributed by atoms with van der Waals surface area (Å²) in [4.78, 5) is 2.30. The Morgan fingerprint density at radius 2 is 1.90 bits per heavy atom. The highest BCUT2D eigenvalue weighted by molar-refractivity contribution is 4.95. The first-order valence-electron chi connectivity index (χ1n) is 3.88. The molecule has 1 N–H and O–H groups in total. The van der Waals surface area contributed by atoms with Crippen molar-refractivity contribution in [2.45, 2.75) is 45.4 Å². The van der Waals surface area contributed by atoms with Gasteiger partial charge in [0.25, 0.3) is 0 Å². The van der Waals surface area contributed by atoms with Gasteiger partial charge in [-0.05, 0) is 27.7 Å². The van der Waals surface area contributed by atoms with Crippen LogP contribution in [0.25, 0.3) is 0 Å². The van der Waals surface area contributed by atoms with Gasteiger partial charge in [0.2, 0.25) is 0 Å². The van der Waals surface area contributed by atoms with Crippen molar-refractivity contribution in [3.8, 4) is 0 Å². The van der Waals surface area contributed by atoms with E-state index < -0.39 is 0 Å². The minimum absolute atomic E-state index is 0.0979. The summed E-state index contributed by atoms with van der Waals surface area (Å²) in [7, 11) is 0. The molecule has 1 fully saturated rings. The zero-order valence-electron chi connectivity index (χ0n) is 7.26. The molecule has 1 aliphatic rings. The zero-order valence-corrected chi connectivity index (χ0v) is 7.26. The number of aliphatic hydroxyl groups is 1. The van der Waals surface area contributed by atoms with E-state index in [1.807, 2.05) is 0 Å². The summed E-state index contributed by atoms with van der Waals surface area (Å²) in [6, 6.07) is 0.347. The van der Waals surface area contributed by atoms with Gasteiger partial charge in [-0.25, -0.2) is 0 Å². The summed E-state index contributed by atoms with van der Waals surface area (Å²) >= 11 is 0. The van der Waals surface area contributed by atoms with Crippen LogP contribution in [0.3, 0.4) is 0 Å². The van der Waals surface area contributed by atoms with Crippen molar-refractivity contribution in [2.24, 2.45) is 0 Å². The monoisotopic (exact) mass is 143 g/mol. The van der Waals surface area contributed by atoms with Crippen LogP contribution in [0.5, 0.6) is 0 Å². The number of hydrogen-bond acceptors (Lipinski definition) is 2. The maximum absolute atomic E-state index is 9.21. The van der Waals surface area contributed by atoms with E-state index in [1.54, 1.807) is 0 Å². The van der Waals surface area contributed by atoms with Crippen LogP contribution in [0.4, 0.5) is 0 Å². The summed E-state index contributed by atoms with van der Waals surface area (Å²) < 4.78 is 0. The molecule has 2 nitrogen and oxygen atoms in total. The van der Waals surface area contributed by atoms with Crippen molar-refractivity contribution in [3.63, 3.8) is 0 Å².